The van der Waals surface area contributed by atoms with Crippen molar-refractivity contribution >= 4 is 26.6 Å². The molecule has 0 bridgehead atoms. The maximum absolute atomic E-state index is 13.3. The predicted molar refractivity (Wildman–Crippen MR) is 120 cm³/mol. The molecule has 32 heavy (non-hydrogen) atoms. The maximum Gasteiger partial charge on any atom is 0.244 e. The van der Waals surface area contributed by atoms with Crippen molar-refractivity contribution in [3.05, 3.63) is 66.4 Å². The molecule has 1 saturated heterocycles. The Morgan fingerprint density at radius 1 is 1.12 bits per heavy atom. The van der Waals surface area contributed by atoms with Gasteiger partial charge in [-0.2, -0.15) is 10.2 Å². The zero-order valence-electron chi connectivity index (χ0n) is 17.7. The van der Waals surface area contributed by atoms with Crippen LogP contribution in [0.4, 0.5) is 10.1 Å². The van der Waals surface area contributed by atoms with Crippen molar-refractivity contribution in [1.29, 1.82) is 0 Å². The van der Waals surface area contributed by atoms with Crippen LogP contribution in [0.5, 0.6) is 0 Å². The lowest BCUT2D eigenvalue weighted by Gasteiger charge is -2.21. The van der Waals surface area contributed by atoms with Crippen LogP contribution in [0, 0.1) is 12.7 Å². The van der Waals surface area contributed by atoms with Gasteiger partial charge in [0.05, 0.1) is 23.6 Å². The molecule has 0 spiro atoms. The second kappa shape index (κ2) is 7.72. The molecule has 0 unspecified atom stereocenters. The Balaban J connectivity index is 1.37. The van der Waals surface area contributed by atoms with Crippen molar-refractivity contribution < 1.29 is 12.8 Å². The Labute approximate surface area is 185 Å². The van der Waals surface area contributed by atoms with Crippen LogP contribution >= 0.6 is 0 Å². The maximum atomic E-state index is 13.3. The third-order valence-corrected chi connectivity index (χ3v) is 7.27. The fourth-order valence-corrected chi connectivity index (χ4v) is 5.44. The molecule has 5 rings (SSSR count). The number of benzene rings is 2. The van der Waals surface area contributed by atoms with E-state index in [9.17, 15) is 12.8 Å². The molecule has 10 heteroatoms. The number of sulfonamides is 1. The number of aromatic nitrogens is 4. The number of fused-ring (bicyclic) bond motifs is 1. The first kappa shape index (κ1) is 20.7. The van der Waals surface area contributed by atoms with Gasteiger partial charge in [0.25, 0.3) is 0 Å². The predicted octanol–water partition coefficient (Wildman–Crippen LogP) is 2.76. The summed E-state index contributed by atoms with van der Waals surface area (Å²) in [6.45, 7) is 3.36. The topological polar surface area (TPSA) is 85.1 Å². The number of nitrogens with zero attached hydrogens (tertiary/aromatic N) is 5. The van der Waals surface area contributed by atoms with Gasteiger partial charge in [-0.15, -0.1) is 0 Å². The van der Waals surface area contributed by atoms with Gasteiger partial charge in [-0.1, -0.05) is 0 Å². The largest absolute Gasteiger partial charge is 0.370 e. The zero-order chi connectivity index (χ0) is 22.5. The number of anilines is 1. The molecule has 2 aromatic heterocycles. The van der Waals surface area contributed by atoms with Crippen LogP contribution in [0.3, 0.4) is 0 Å². The first-order valence-electron chi connectivity index (χ1n) is 10.3. The molecular formula is C22H23FN6O2S. The van der Waals surface area contributed by atoms with Gasteiger partial charge >= 0.3 is 0 Å². The van der Waals surface area contributed by atoms with Crippen LogP contribution in [0.15, 0.2) is 59.9 Å². The van der Waals surface area contributed by atoms with E-state index in [-0.39, 0.29) is 16.8 Å². The van der Waals surface area contributed by atoms with Crippen molar-refractivity contribution in [3.63, 3.8) is 0 Å². The SMILES string of the molecule is Cc1cc2c(cnn2-c2ccc(F)cc2)cc1N1CC[C@H](NS(=O)(=O)c2cnn(C)c2)C1. The summed E-state index contributed by atoms with van der Waals surface area (Å²) in [5, 5.41) is 9.40. The van der Waals surface area contributed by atoms with E-state index in [1.165, 1.54) is 29.2 Å². The van der Waals surface area contributed by atoms with Crippen molar-refractivity contribution in [1.82, 2.24) is 24.3 Å². The second-order valence-corrected chi connectivity index (χ2v) is 9.85. The van der Waals surface area contributed by atoms with Crippen LogP contribution < -0.4 is 9.62 Å². The van der Waals surface area contributed by atoms with Crippen LogP contribution in [-0.4, -0.2) is 47.1 Å². The number of rotatable bonds is 5. The Kier molecular flexibility index (Phi) is 4.98. The molecule has 1 fully saturated rings. The smallest absolute Gasteiger partial charge is 0.244 e. The number of hydrogen-bond acceptors (Lipinski definition) is 5. The monoisotopic (exact) mass is 454 g/mol. The average Bonchev–Trinajstić information content (AvgIpc) is 3.48. The summed E-state index contributed by atoms with van der Waals surface area (Å²) >= 11 is 0. The van der Waals surface area contributed by atoms with E-state index in [1.54, 1.807) is 30.1 Å². The molecule has 4 aromatic rings. The third kappa shape index (κ3) is 3.76. The van der Waals surface area contributed by atoms with Crippen molar-refractivity contribution in [2.24, 2.45) is 7.05 Å². The molecule has 1 N–H and O–H groups in total. The van der Waals surface area contributed by atoms with Crippen LogP contribution in [0.2, 0.25) is 0 Å². The van der Waals surface area contributed by atoms with E-state index < -0.39 is 10.0 Å². The molecule has 0 radical (unpaired) electrons. The highest BCUT2D eigenvalue weighted by molar-refractivity contribution is 7.89. The molecule has 0 amide bonds. The van der Waals surface area contributed by atoms with Gasteiger partial charge in [-0.25, -0.2) is 22.2 Å². The quantitative estimate of drug-likeness (QED) is 0.501. The summed E-state index contributed by atoms with van der Waals surface area (Å²) in [6.07, 6.45) is 5.35. The minimum Gasteiger partial charge on any atom is -0.370 e. The lowest BCUT2D eigenvalue weighted by Crippen LogP contribution is -2.37. The number of halogens is 1. The molecule has 0 saturated carbocycles. The van der Waals surface area contributed by atoms with Gasteiger partial charge in [0.2, 0.25) is 10.0 Å². The van der Waals surface area contributed by atoms with Gasteiger partial charge in [-0.3, -0.25) is 4.68 Å². The normalized spacial score (nSPS) is 16.8. The van der Waals surface area contributed by atoms with E-state index in [4.69, 9.17) is 0 Å². The Morgan fingerprint density at radius 3 is 2.62 bits per heavy atom. The molecule has 2 aromatic carbocycles. The standard InChI is InChI=1S/C22H23FN6O2S/c1-15-9-22-16(11-25-29(22)19-5-3-17(23)4-6-19)10-21(15)28-8-7-18(13-28)26-32(30,31)20-12-24-27(2)14-20/h3-6,9-12,14,18,26H,7-8,13H2,1-2H3/t18-/m0/s1. The Morgan fingerprint density at radius 2 is 1.91 bits per heavy atom. The lowest BCUT2D eigenvalue weighted by molar-refractivity contribution is 0.561. The molecule has 166 valence electrons. The summed E-state index contributed by atoms with van der Waals surface area (Å²) in [5.74, 6) is -0.286. The van der Waals surface area contributed by atoms with Gasteiger partial charge in [-0.05, 0) is 55.3 Å². The van der Waals surface area contributed by atoms with Crippen molar-refractivity contribution in [2.45, 2.75) is 24.3 Å². The van der Waals surface area contributed by atoms with Crippen LogP contribution in [0.25, 0.3) is 16.6 Å². The summed E-state index contributed by atoms with van der Waals surface area (Å²) in [5.41, 5.74) is 3.85. The molecule has 1 atom stereocenters. The minimum absolute atomic E-state index is 0.171. The second-order valence-electron chi connectivity index (χ2n) is 8.13. The Bertz CT molecular complexity index is 1390. The number of nitrogens with one attached hydrogen (secondary N) is 1. The first-order chi connectivity index (χ1) is 15.3. The minimum atomic E-state index is -3.60. The lowest BCUT2D eigenvalue weighted by atomic mass is 10.1. The van der Waals surface area contributed by atoms with E-state index in [0.717, 1.165) is 34.4 Å². The number of hydrogen-bond donors (Lipinski definition) is 1. The van der Waals surface area contributed by atoms with E-state index in [1.807, 2.05) is 6.92 Å². The summed E-state index contributed by atoms with van der Waals surface area (Å²) < 4.78 is 44.6. The third-order valence-electron chi connectivity index (χ3n) is 5.80. The van der Waals surface area contributed by atoms with E-state index in [2.05, 4.69) is 32.0 Å². The van der Waals surface area contributed by atoms with Gasteiger partial charge in [0, 0.05) is 43.4 Å². The van der Waals surface area contributed by atoms with Gasteiger partial charge in [0.15, 0.2) is 0 Å². The molecule has 1 aliphatic heterocycles. The molecule has 3 heterocycles. The molecule has 1 aliphatic rings. The van der Waals surface area contributed by atoms with Gasteiger partial charge < -0.3 is 4.90 Å². The molecule has 0 aliphatic carbocycles. The highest BCUT2D eigenvalue weighted by atomic mass is 32.2. The summed E-state index contributed by atoms with van der Waals surface area (Å²) in [6, 6.07) is 10.2. The van der Waals surface area contributed by atoms with Crippen molar-refractivity contribution in [3.8, 4) is 5.69 Å². The summed E-state index contributed by atoms with van der Waals surface area (Å²) in [7, 11) is -1.92. The molecular weight excluding hydrogens is 431 g/mol. The summed E-state index contributed by atoms with van der Waals surface area (Å²) in [4.78, 5) is 2.37. The molecule has 8 nitrogen and oxygen atoms in total. The zero-order valence-corrected chi connectivity index (χ0v) is 18.6. The van der Waals surface area contributed by atoms with E-state index >= 15 is 0 Å². The highest BCUT2D eigenvalue weighted by Gasteiger charge is 2.29. The fraction of sp³-hybridized carbons (Fsp3) is 0.273. The fourth-order valence-electron chi connectivity index (χ4n) is 4.20. The van der Waals surface area contributed by atoms with Crippen molar-refractivity contribution in [2.75, 3.05) is 18.0 Å². The van der Waals surface area contributed by atoms with Gasteiger partial charge in [0.1, 0.15) is 10.7 Å². The van der Waals surface area contributed by atoms with E-state index in [0.29, 0.717) is 13.0 Å². The van der Waals surface area contributed by atoms with Crippen LogP contribution in [0.1, 0.15) is 12.0 Å². The van der Waals surface area contributed by atoms with Crippen LogP contribution in [-0.2, 0) is 17.1 Å². The Hall–Kier alpha value is -3.24. The highest BCUT2D eigenvalue weighted by Crippen LogP contribution is 2.30. The average molecular weight is 455 g/mol. The first-order valence-corrected chi connectivity index (χ1v) is 11.8. The number of aryl methyl sites for hydroxylation is 2.